The summed E-state index contributed by atoms with van der Waals surface area (Å²) >= 11 is 10.8. The van der Waals surface area contributed by atoms with E-state index in [0.29, 0.717) is 5.56 Å². The summed E-state index contributed by atoms with van der Waals surface area (Å²) in [5.74, 6) is 0. The predicted octanol–water partition coefficient (Wildman–Crippen LogP) is 2.94. The minimum Gasteiger partial charge on any atom is -0.275 e. The van der Waals surface area contributed by atoms with Gasteiger partial charge in [-0.3, -0.25) is 14.9 Å². The standard InChI is InChI=1S/C8H5Cl2NO3/c1-4-2-5(8(10)12)7(11(13)14)6(9)3-4/h2-3H,1H3. The average Bonchev–Trinajstić information content (AvgIpc) is 2.01. The molecule has 1 rings (SSSR count). The Morgan fingerprint density at radius 1 is 1.50 bits per heavy atom. The second-order valence-electron chi connectivity index (χ2n) is 2.67. The molecule has 0 aliphatic rings. The number of carbonyl (C=O) groups excluding carboxylic acids is 1. The third kappa shape index (κ3) is 2.02. The Bertz CT molecular complexity index is 417. The van der Waals surface area contributed by atoms with Gasteiger partial charge in [-0.25, -0.2) is 0 Å². The Morgan fingerprint density at radius 3 is 2.50 bits per heavy atom. The second kappa shape index (κ2) is 3.94. The largest absolute Gasteiger partial charge is 0.299 e. The van der Waals surface area contributed by atoms with Crippen molar-refractivity contribution in [2.75, 3.05) is 0 Å². The molecule has 0 radical (unpaired) electrons. The van der Waals surface area contributed by atoms with Crippen LogP contribution in [0.2, 0.25) is 5.02 Å². The van der Waals surface area contributed by atoms with Gasteiger partial charge in [-0.15, -0.1) is 0 Å². The third-order valence-electron chi connectivity index (χ3n) is 1.60. The summed E-state index contributed by atoms with van der Waals surface area (Å²) in [4.78, 5) is 20.7. The van der Waals surface area contributed by atoms with Gasteiger partial charge in [-0.2, -0.15) is 0 Å². The summed E-state index contributed by atoms with van der Waals surface area (Å²) in [7, 11) is 0. The summed E-state index contributed by atoms with van der Waals surface area (Å²) < 4.78 is 0. The number of hydrogen-bond donors (Lipinski definition) is 0. The van der Waals surface area contributed by atoms with Crippen LogP contribution in [0.3, 0.4) is 0 Å². The van der Waals surface area contributed by atoms with Crippen LogP contribution in [0.25, 0.3) is 0 Å². The zero-order valence-corrected chi connectivity index (χ0v) is 8.59. The molecular weight excluding hydrogens is 229 g/mol. The molecule has 0 atom stereocenters. The Morgan fingerprint density at radius 2 is 2.07 bits per heavy atom. The molecule has 1 aromatic rings. The van der Waals surface area contributed by atoms with Gasteiger partial charge >= 0.3 is 0 Å². The highest BCUT2D eigenvalue weighted by Gasteiger charge is 2.23. The number of rotatable bonds is 2. The van der Waals surface area contributed by atoms with E-state index in [1.807, 2.05) is 0 Å². The monoisotopic (exact) mass is 233 g/mol. The van der Waals surface area contributed by atoms with Crippen LogP contribution in [-0.4, -0.2) is 10.2 Å². The van der Waals surface area contributed by atoms with E-state index in [1.54, 1.807) is 6.92 Å². The number of carbonyl (C=O) groups is 1. The van der Waals surface area contributed by atoms with Gasteiger partial charge in [0, 0.05) is 0 Å². The first-order valence-electron chi connectivity index (χ1n) is 3.58. The van der Waals surface area contributed by atoms with Gasteiger partial charge in [-0.1, -0.05) is 11.6 Å². The van der Waals surface area contributed by atoms with E-state index in [4.69, 9.17) is 23.2 Å². The zero-order valence-electron chi connectivity index (χ0n) is 7.08. The van der Waals surface area contributed by atoms with Crippen LogP contribution in [0, 0.1) is 17.0 Å². The summed E-state index contributed by atoms with van der Waals surface area (Å²) in [6.07, 6.45) is 0. The first-order valence-corrected chi connectivity index (χ1v) is 4.33. The number of benzene rings is 1. The molecule has 0 unspecified atom stereocenters. The fourth-order valence-corrected chi connectivity index (χ4v) is 1.56. The number of nitrogens with zero attached hydrogens (tertiary/aromatic N) is 1. The maximum absolute atomic E-state index is 10.9. The number of hydrogen-bond acceptors (Lipinski definition) is 3. The van der Waals surface area contributed by atoms with Crippen molar-refractivity contribution in [1.82, 2.24) is 0 Å². The molecule has 74 valence electrons. The Balaban J connectivity index is 3.52. The molecule has 0 saturated carbocycles. The first kappa shape index (κ1) is 10.9. The molecule has 1 aromatic carbocycles. The summed E-state index contributed by atoms with van der Waals surface area (Å²) in [6.45, 7) is 1.67. The molecule has 0 aliphatic heterocycles. The maximum Gasteiger partial charge on any atom is 0.299 e. The molecule has 0 aromatic heterocycles. The van der Waals surface area contributed by atoms with Gasteiger partial charge in [0.1, 0.15) is 10.6 Å². The van der Waals surface area contributed by atoms with Crippen molar-refractivity contribution in [1.29, 1.82) is 0 Å². The summed E-state index contributed by atoms with van der Waals surface area (Å²) in [5.41, 5.74) is 0.0172. The van der Waals surface area contributed by atoms with Crippen LogP contribution < -0.4 is 0 Å². The van der Waals surface area contributed by atoms with Crippen molar-refractivity contribution in [2.45, 2.75) is 6.92 Å². The lowest BCUT2D eigenvalue weighted by Gasteiger charge is -2.01. The summed E-state index contributed by atoms with van der Waals surface area (Å²) in [5, 5.41) is 9.60. The lowest BCUT2D eigenvalue weighted by molar-refractivity contribution is -0.384. The number of nitro groups is 1. The minimum absolute atomic E-state index is 0.0843. The van der Waals surface area contributed by atoms with Crippen molar-refractivity contribution in [3.8, 4) is 0 Å². The van der Waals surface area contributed by atoms with E-state index < -0.39 is 15.9 Å². The minimum atomic E-state index is -0.887. The topological polar surface area (TPSA) is 60.2 Å². The van der Waals surface area contributed by atoms with Crippen LogP contribution in [0.4, 0.5) is 5.69 Å². The van der Waals surface area contributed by atoms with Crippen molar-refractivity contribution in [3.05, 3.63) is 38.4 Å². The van der Waals surface area contributed by atoms with Crippen LogP contribution in [-0.2, 0) is 0 Å². The number of halogens is 2. The quantitative estimate of drug-likeness (QED) is 0.449. The Hall–Kier alpha value is -1.13. The molecule has 6 heteroatoms. The van der Waals surface area contributed by atoms with Crippen LogP contribution >= 0.6 is 23.2 Å². The lowest BCUT2D eigenvalue weighted by Crippen LogP contribution is -2.00. The highest BCUT2D eigenvalue weighted by molar-refractivity contribution is 6.68. The fraction of sp³-hybridized carbons (Fsp3) is 0.125. The van der Waals surface area contributed by atoms with Crippen molar-refractivity contribution in [3.63, 3.8) is 0 Å². The van der Waals surface area contributed by atoms with Gasteiger partial charge in [0.2, 0.25) is 0 Å². The van der Waals surface area contributed by atoms with Gasteiger partial charge in [0.25, 0.3) is 10.9 Å². The van der Waals surface area contributed by atoms with E-state index in [9.17, 15) is 14.9 Å². The van der Waals surface area contributed by atoms with Crippen LogP contribution in [0.1, 0.15) is 15.9 Å². The van der Waals surface area contributed by atoms with Gasteiger partial charge in [0.15, 0.2) is 0 Å². The van der Waals surface area contributed by atoms with Crippen molar-refractivity contribution < 1.29 is 9.72 Å². The molecule has 14 heavy (non-hydrogen) atoms. The normalized spacial score (nSPS) is 9.93. The second-order valence-corrected chi connectivity index (χ2v) is 3.42. The van der Waals surface area contributed by atoms with E-state index >= 15 is 0 Å². The molecule has 0 bridgehead atoms. The number of aryl methyl sites for hydroxylation is 1. The lowest BCUT2D eigenvalue weighted by atomic mass is 10.1. The smallest absolute Gasteiger partial charge is 0.275 e. The molecule has 0 fully saturated rings. The van der Waals surface area contributed by atoms with Gasteiger partial charge in [-0.05, 0) is 36.2 Å². The van der Waals surface area contributed by atoms with Crippen LogP contribution in [0.15, 0.2) is 12.1 Å². The zero-order chi connectivity index (χ0) is 10.9. The highest BCUT2D eigenvalue weighted by Crippen LogP contribution is 2.30. The molecule has 0 N–H and O–H groups in total. The molecule has 0 aliphatic carbocycles. The maximum atomic E-state index is 10.9. The van der Waals surface area contributed by atoms with Gasteiger partial charge in [0.05, 0.1) is 4.92 Å². The van der Waals surface area contributed by atoms with Gasteiger partial charge < -0.3 is 0 Å². The highest BCUT2D eigenvalue weighted by atomic mass is 35.5. The molecule has 0 saturated heterocycles. The van der Waals surface area contributed by atoms with E-state index in [-0.39, 0.29) is 10.6 Å². The molecular formula is C8H5Cl2NO3. The van der Waals surface area contributed by atoms with Crippen molar-refractivity contribution >= 4 is 34.1 Å². The first-order chi connectivity index (χ1) is 6.43. The predicted molar refractivity (Wildman–Crippen MR) is 53.0 cm³/mol. The fourth-order valence-electron chi connectivity index (χ4n) is 1.07. The summed E-state index contributed by atoms with van der Waals surface area (Å²) in [6, 6.07) is 2.74. The van der Waals surface area contributed by atoms with E-state index in [0.717, 1.165) is 0 Å². The Labute approximate surface area is 89.6 Å². The molecule has 0 spiro atoms. The van der Waals surface area contributed by atoms with E-state index in [2.05, 4.69) is 0 Å². The molecule has 0 amide bonds. The number of nitro benzene ring substituents is 1. The molecule has 4 nitrogen and oxygen atoms in total. The SMILES string of the molecule is Cc1cc(Cl)c([N+](=O)[O-])c(C(=O)Cl)c1. The third-order valence-corrected chi connectivity index (χ3v) is 2.09. The molecule has 0 heterocycles. The average molecular weight is 234 g/mol. The van der Waals surface area contributed by atoms with E-state index in [1.165, 1.54) is 12.1 Å². The Kier molecular flexibility index (Phi) is 3.08. The van der Waals surface area contributed by atoms with Crippen LogP contribution in [0.5, 0.6) is 0 Å². The van der Waals surface area contributed by atoms with Crippen molar-refractivity contribution in [2.24, 2.45) is 0 Å².